The van der Waals surface area contributed by atoms with Gasteiger partial charge in [-0.05, 0) is 6.92 Å². The van der Waals surface area contributed by atoms with Crippen molar-refractivity contribution < 1.29 is 9.18 Å². The van der Waals surface area contributed by atoms with Crippen molar-refractivity contribution in [1.82, 2.24) is 5.32 Å². The Kier molecular flexibility index (Phi) is 5.62. The summed E-state index contributed by atoms with van der Waals surface area (Å²) < 4.78 is 11.4. The topological polar surface area (TPSA) is 41.5 Å². The summed E-state index contributed by atoms with van der Waals surface area (Å²) in [6.07, 6.45) is 1.16. The summed E-state index contributed by atoms with van der Waals surface area (Å²) in [6, 6.07) is 0. The average molecular weight is 145 g/mol. The second kappa shape index (κ2) is 6.19. The molecule has 1 amide bonds. The molecule has 1 N–H and O–H groups in total. The van der Waals surface area contributed by atoms with Crippen molar-refractivity contribution in [1.29, 1.82) is 0 Å². The summed E-state index contributed by atoms with van der Waals surface area (Å²) in [6.45, 7) is 1.92. The number of aliphatic imine (C=N–C) groups is 1. The highest BCUT2D eigenvalue weighted by molar-refractivity contribution is 6.26. The molecule has 0 fully saturated rings. The lowest BCUT2D eigenvalue weighted by Gasteiger charge is -1.93. The zero-order valence-electron chi connectivity index (χ0n) is 5.93. The van der Waals surface area contributed by atoms with Crippen molar-refractivity contribution in [3.8, 4) is 0 Å². The van der Waals surface area contributed by atoms with Gasteiger partial charge >= 0.3 is 0 Å². The molecule has 0 saturated carbocycles. The average Bonchev–Trinajstić information content (AvgIpc) is 1.97. The lowest BCUT2D eigenvalue weighted by Crippen LogP contribution is -2.26. The molecular weight excluding hydrogens is 134 g/mol. The quantitative estimate of drug-likeness (QED) is 0.562. The van der Waals surface area contributed by atoms with Crippen LogP contribution in [-0.2, 0) is 4.79 Å². The molecule has 0 bridgehead atoms. The van der Waals surface area contributed by atoms with Crippen molar-refractivity contribution in [2.24, 2.45) is 4.99 Å². The minimum atomic E-state index is -0.536. The van der Waals surface area contributed by atoms with Gasteiger partial charge < -0.3 is 5.32 Å². The Morgan fingerprint density at radius 3 is 3.00 bits per heavy atom. The van der Waals surface area contributed by atoms with Crippen molar-refractivity contribution in [2.75, 3.05) is 19.8 Å². The van der Waals surface area contributed by atoms with Gasteiger partial charge in [0.25, 0.3) is 5.91 Å². The Bertz CT molecular complexity index is 125. The molecule has 0 aromatic heterocycles. The SMILES string of the molecule is CCN=CC(=O)NCC[18F]. The van der Waals surface area contributed by atoms with Gasteiger partial charge in [-0.1, -0.05) is 0 Å². The van der Waals surface area contributed by atoms with Crippen LogP contribution in [-0.4, -0.2) is 31.9 Å². The number of hydrogen-bond donors (Lipinski definition) is 1. The monoisotopic (exact) mass is 145 g/mol. The largest absolute Gasteiger partial charge is 0.349 e. The Morgan fingerprint density at radius 2 is 2.50 bits per heavy atom. The zero-order chi connectivity index (χ0) is 7.82. The summed E-state index contributed by atoms with van der Waals surface area (Å²) in [5.74, 6) is -0.334. The molecule has 10 heavy (non-hydrogen) atoms. The highest BCUT2D eigenvalue weighted by Crippen LogP contribution is 1.66. The van der Waals surface area contributed by atoms with E-state index in [0.717, 1.165) is 6.21 Å². The molecule has 0 rings (SSSR count). The van der Waals surface area contributed by atoms with Gasteiger partial charge in [0, 0.05) is 13.1 Å². The minimum absolute atomic E-state index is 0.0641. The van der Waals surface area contributed by atoms with Crippen LogP contribution in [0.5, 0.6) is 0 Å². The summed E-state index contributed by atoms with van der Waals surface area (Å²) in [5, 5.41) is 2.30. The van der Waals surface area contributed by atoms with Crippen molar-refractivity contribution in [3.63, 3.8) is 0 Å². The van der Waals surface area contributed by atoms with E-state index in [-0.39, 0.29) is 12.5 Å². The van der Waals surface area contributed by atoms with E-state index >= 15 is 0 Å². The predicted molar refractivity (Wildman–Crippen MR) is 38.0 cm³/mol. The molecule has 0 heterocycles. The third-order valence-electron chi connectivity index (χ3n) is 0.785. The van der Waals surface area contributed by atoms with Gasteiger partial charge in [-0.25, -0.2) is 4.39 Å². The van der Waals surface area contributed by atoms with Gasteiger partial charge in [-0.3, -0.25) is 9.79 Å². The molecule has 4 heteroatoms. The molecule has 0 saturated heterocycles. The number of halogens is 1. The van der Waals surface area contributed by atoms with E-state index in [1.54, 1.807) is 0 Å². The number of nitrogens with one attached hydrogen (secondary N) is 1. The van der Waals surface area contributed by atoms with Gasteiger partial charge in [0.2, 0.25) is 0 Å². The molecule has 0 radical (unpaired) electrons. The van der Waals surface area contributed by atoms with Gasteiger partial charge in [0.1, 0.15) is 6.67 Å². The Labute approximate surface area is 59.3 Å². The lowest BCUT2D eigenvalue weighted by molar-refractivity contribution is -0.114. The van der Waals surface area contributed by atoms with Crippen molar-refractivity contribution in [3.05, 3.63) is 0 Å². The molecule has 0 aliphatic carbocycles. The molecule has 3 nitrogen and oxygen atoms in total. The Morgan fingerprint density at radius 1 is 1.80 bits per heavy atom. The molecule has 0 aromatic carbocycles. The second-order valence-corrected chi connectivity index (χ2v) is 1.61. The van der Waals surface area contributed by atoms with E-state index in [1.807, 2.05) is 6.92 Å². The molecule has 0 atom stereocenters. The first-order chi connectivity index (χ1) is 4.81. The predicted octanol–water partition coefficient (Wildman–Crippen LogP) is 0.163. The maximum absolute atomic E-state index is 11.4. The van der Waals surface area contributed by atoms with Crippen LogP contribution in [0.15, 0.2) is 4.99 Å². The number of alkyl halides is 1. The van der Waals surface area contributed by atoms with Gasteiger partial charge in [-0.15, -0.1) is 0 Å². The molecule has 0 aliphatic rings. The third-order valence-corrected chi connectivity index (χ3v) is 0.785. The van der Waals surface area contributed by atoms with E-state index in [1.165, 1.54) is 0 Å². The van der Waals surface area contributed by atoms with Crippen LogP contribution in [0.25, 0.3) is 0 Å². The Balaban J connectivity index is 3.34. The van der Waals surface area contributed by atoms with Crippen LogP contribution in [0, 0.1) is 0 Å². The molecule has 0 aliphatic heterocycles. The standard InChI is InChI=1S/C6H11FN2O/c1-2-8-5-6(10)9-4-3-7/h5H,2-4H2,1H3,(H,9,10)/i7-1. The van der Waals surface area contributed by atoms with E-state index in [2.05, 4.69) is 10.3 Å². The van der Waals surface area contributed by atoms with Crippen LogP contribution in [0.4, 0.5) is 4.39 Å². The minimum Gasteiger partial charge on any atom is -0.349 e. The third kappa shape index (κ3) is 5.21. The highest BCUT2D eigenvalue weighted by atomic mass is 18.2. The Hall–Kier alpha value is -0.930. The van der Waals surface area contributed by atoms with Crippen LogP contribution in [0.3, 0.4) is 0 Å². The second-order valence-electron chi connectivity index (χ2n) is 1.61. The summed E-state index contributed by atoms with van der Waals surface area (Å²) in [5.41, 5.74) is 0. The van der Waals surface area contributed by atoms with Crippen LogP contribution in [0.1, 0.15) is 6.92 Å². The van der Waals surface area contributed by atoms with E-state index in [0.29, 0.717) is 6.54 Å². The number of carbonyl (C=O) groups is 1. The smallest absolute Gasteiger partial charge is 0.262 e. The summed E-state index contributed by atoms with van der Waals surface area (Å²) in [4.78, 5) is 14.2. The maximum atomic E-state index is 11.4. The van der Waals surface area contributed by atoms with E-state index in [4.69, 9.17) is 0 Å². The number of carbonyl (C=O) groups excluding carboxylic acids is 1. The van der Waals surface area contributed by atoms with Crippen molar-refractivity contribution in [2.45, 2.75) is 6.92 Å². The molecule has 0 aromatic rings. The summed E-state index contributed by atoms with van der Waals surface area (Å²) >= 11 is 0. The number of nitrogens with zero attached hydrogens (tertiary/aromatic N) is 1. The fourth-order valence-corrected chi connectivity index (χ4v) is 0.390. The van der Waals surface area contributed by atoms with Gasteiger partial charge in [-0.2, -0.15) is 0 Å². The van der Waals surface area contributed by atoms with Crippen LogP contribution in [0.2, 0.25) is 0 Å². The van der Waals surface area contributed by atoms with E-state index < -0.39 is 6.67 Å². The molecule has 58 valence electrons. The fourth-order valence-electron chi connectivity index (χ4n) is 0.390. The molecular formula is C6H11FN2O. The first kappa shape index (κ1) is 9.07. The first-order valence-corrected chi connectivity index (χ1v) is 3.15. The van der Waals surface area contributed by atoms with Gasteiger partial charge in [0.05, 0.1) is 6.21 Å². The maximum Gasteiger partial charge on any atom is 0.262 e. The van der Waals surface area contributed by atoms with E-state index in [9.17, 15) is 9.18 Å². The van der Waals surface area contributed by atoms with Gasteiger partial charge in [0.15, 0.2) is 0 Å². The number of amides is 1. The number of hydrogen-bond acceptors (Lipinski definition) is 2. The molecule has 0 unspecified atom stereocenters. The first-order valence-electron chi connectivity index (χ1n) is 3.15. The summed E-state index contributed by atoms with van der Waals surface area (Å²) in [7, 11) is 0. The van der Waals surface area contributed by atoms with Crippen LogP contribution >= 0.6 is 0 Å². The van der Waals surface area contributed by atoms with Crippen molar-refractivity contribution >= 4 is 12.1 Å². The highest BCUT2D eigenvalue weighted by Gasteiger charge is 1.91. The molecule has 0 spiro atoms. The normalized spacial score (nSPS) is 10.2. The van der Waals surface area contributed by atoms with Crippen LogP contribution < -0.4 is 5.32 Å². The lowest BCUT2D eigenvalue weighted by atomic mass is 10.6. The number of rotatable bonds is 4. The fraction of sp³-hybridized carbons (Fsp3) is 0.667. The zero-order valence-corrected chi connectivity index (χ0v) is 5.93.